The fourth-order valence-electron chi connectivity index (χ4n) is 2.04. The molecule has 1 rings (SSSR count). The molecule has 2 nitrogen and oxygen atoms in total. The van der Waals surface area contributed by atoms with E-state index in [0.29, 0.717) is 0 Å². The summed E-state index contributed by atoms with van der Waals surface area (Å²) in [4.78, 5) is 0. The van der Waals surface area contributed by atoms with Gasteiger partial charge in [0.2, 0.25) is 0 Å². The minimum absolute atomic E-state index is 0.0981. The van der Waals surface area contributed by atoms with Gasteiger partial charge in [0.1, 0.15) is 6.10 Å². The lowest BCUT2D eigenvalue weighted by atomic mass is 9.92. The normalized spacial score (nSPS) is 16.5. The first kappa shape index (κ1) is 16.2. The second kappa shape index (κ2) is 6.50. The number of hydrogen-bond acceptors (Lipinski definition) is 2. The van der Waals surface area contributed by atoms with Crippen LogP contribution in [0.4, 0.5) is 0 Å². The average molecular weight is 278 g/mol. The number of benzene rings is 1. The molecule has 0 fully saturated rings. The second-order valence-electron chi connectivity index (χ2n) is 6.51. The molecule has 0 unspecified atom stereocenters. The van der Waals surface area contributed by atoms with Crippen LogP contribution in [0, 0.1) is 5.92 Å². The smallest absolute Gasteiger partial charge is 0.102 e. The SMILES string of the molecule is CC(C)[C@@H](O)/C(=C\[Si](C)(C)C)[C@@H](O)c1ccccc1. The van der Waals surface area contributed by atoms with Gasteiger partial charge in [0.25, 0.3) is 0 Å². The average Bonchev–Trinajstić information content (AvgIpc) is 2.34. The summed E-state index contributed by atoms with van der Waals surface area (Å²) in [5, 5.41) is 20.9. The first-order valence-corrected chi connectivity index (χ1v) is 10.4. The zero-order valence-corrected chi connectivity index (χ0v) is 13.6. The Labute approximate surface area is 117 Å². The Bertz CT molecular complexity index is 418. The van der Waals surface area contributed by atoms with Gasteiger partial charge in [-0.15, -0.1) is 0 Å². The number of aliphatic hydroxyl groups is 2. The van der Waals surface area contributed by atoms with Crippen molar-refractivity contribution >= 4 is 8.07 Å². The summed E-state index contributed by atoms with van der Waals surface area (Å²) >= 11 is 0. The summed E-state index contributed by atoms with van der Waals surface area (Å²) < 4.78 is 0. The summed E-state index contributed by atoms with van der Waals surface area (Å²) in [7, 11) is -1.51. The topological polar surface area (TPSA) is 40.5 Å². The van der Waals surface area contributed by atoms with Crippen LogP contribution in [0.15, 0.2) is 41.6 Å². The largest absolute Gasteiger partial charge is 0.388 e. The summed E-state index contributed by atoms with van der Waals surface area (Å²) in [6.07, 6.45) is -1.31. The fraction of sp³-hybridized carbons (Fsp3) is 0.500. The van der Waals surface area contributed by atoms with Crippen molar-refractivity contribution in [1.82, 2.24) is 0 Å². The van der Waals surface area contributed by atoms with Crippen LogP contribution in [0.3, 0.4) is 0 Å². The minimum atomic E-state index is -1.51. The van der Waals surface area contributed by atoms with Gasteiger partial charge in [0.15, 0.2) is 0 Å². The van der Waals surface area contributed by atoms with Gasteiger partial charge in [0.05, 0.1) is 14.2 Å². The first-order valence-electron chi connectivity index (χ1n) is 6.86. The van der Waals surface area contributed by atoms with Gasteiger partial charge in [-0.25, -0.2) is 0 Å². The van der Waals surface area contributed by atoms with E-state index in [9.17, 15) is 10.2 Å². The van der Waals surface area contributed by atoms with E-state index in [1.54, 1.807) is 0 Å². The van der Waals surface area contributed by atoms with Crippen molar-refractivity contribution in [3.8, 4) is 0 Å². The molecule has 3 heteroatoms. The zero-order chi connectivity index (χ0) is 14.6. The molecule has 106 valence electrons. The Kier molecular flexibility index (Phi) is 5.53. The van der Waals surface area contributed by atoms with E-state index in [1.807, 2.05) is 44.2 Å². The van der Waals surface area contributed by atoms with Crippen LogP contribution in [-0.4, -0.2) is 24.4 Å². The van der Waals surface area contributed by atoms with E-state index in [1.165, 1.54) is 0 Å². The van der Waals surface area contributed by atoms with Crippen LogP contribution in [0.5, 0.6) is 0 Å². The minimum Gasteiger partial charge on any atom is -0.388 e. The van der Waals surface area contributed by atoms with Gasteiger partial charge in [-0.2, -0.15) is 0 Å². The summed E-state index contributed by atoms with van der Waals surface area (Å²) in [6.45, 7) is 10.6. The van der Waals surface area contributed by atoms with Crippen molar-refractivity contribution in [3.63, 3.8) is 0 Å². The van der Waals surface area contributed by atoms with Gasteiger partial charge in [-0.1, -0.05) is 69.5 Å². The highest BCUT2D eigenvalue weighted by molar-refractivity contribution is 6.81. The highest BCUT2D eigenvalue weighted by Gasteiger charge is 2.25. The van der Waals surface area contributed by atoms with E-state index in [2.05, 4.69) is 25.3 Å². The number of hydrogen-bond donors (Lipinski definition) is 2. The summed E-state index contributed by atoms with van der Waals surface area (Å²) in [6, 6.07) is 9.54. The number of rotatable bonds is 5. The van der Waals surface area contributed by atoms with Crippen molar-refractivity contribution in [1.29, 1.82) is 0 Å². The van der Waals surface area contributed by atoms with E-state index < -0.39 is 20.3 Å². The standard InChI is InChI=1S/C16H26O2Si/c1-12(2)15(17)14(11-19(3,4)5)16(18)13-9-7-6-8-10-13/h6-12,15-18H,1-5H3/b14-11+/t15-,16+/m1/s1. The Hall–Kier alpha value is -0.903. The first-order chi connectivity index (χ1) is 8.72. The van der Waals surface area contributed by atoms with Crippen LogP contribution in [-0.2, 0) is 0 Å². The maximum atomic E-state index is 10.6. The molecule has 0 aliphatic carbocycles. The summed E-state index contributed by atoms with van der Waals surface area (Å²) in [5.74, 6) is 0.0981. The molecular formula is C16H26O2Si. The maximum absolute atomic E-state index is 10.6. The molecule has 0 heterocycles. The molecule has 0 saturated carbocycles. The van der Waals surface area contributed by atoms with Crippen LogP contribution in [0.2, 0.25) is 19.6 Å². The van der Waals surface area contributed by atoms with E-state index >= 15 is 0 Å². The molecule has 0 saturated heterocycles. The van der Waals surface area contributed by atoms with Crippen molar-refractivity contribution in [2.75, 3.05) is 0 Å². The monoisotopic (exact) mass is 278 g/mol. The molecule has 0 amide bonds. The molecule has 2 N–H and O–H groups in total. The molecule has 0 aromatic heterocycles. The van der Waals surface area contributed by atoms with E-state index in [4.69, 9.17) is 0 Å². The molecule has 0 aliphatic heterocycles. The molecule has 19 heavy (non-hydrogen) atoms. The van der Waals surface area contributed by atoms with Gasteiger partial charge in [-0.05, 0) is 17.1 Å². The third kappa shape index (κ3) is 4.94. The third-order valence-electron chi connectivity index (χ3n) is 3.00. The van der Waals surface area contributed by atoms with Crippen LogP contribution < -0.4 is 0 Å². The molecule has 1 aromatic carbocycles. The van der Waals surface area contributed by atoms with Crippen LogP contribution in [0.25, 0.3) is 0 Å². The number of aliphatic hydroxyl groups excluding tert-OH is 2. The van der Waals surface area contributed by atoms with Gasteiger partial charge < -0.3 is 10.2 Å². The van der Waals surface area contributed by atoms with E-state index in [-0.39, 0.29) is 5.92 Å². The Morgan fingerprint density at radius 2 is 1.58 bits per heavy atom. The maximum Gasteiger partial charge on any atom is 0.102 e. The van der Waals surface area contributed by atoms with E-state index in [0.717, 1.165) is 11.1 Å². The molecule has 0 aliphatic rings. The van der Waals surface area contributed by atoms with Crippen molar-refractivity contribution in [2.45, 2.75) is 45.7 Å². The van der Waals surface area contributed by atoms with Gasteiger partial charge >= 0.3 is 0 Å². The quantitative estimate of drug-likeness (QED) is 0.809. The van der Waals surface area contributed by atoms with Crippen LogP contribution >= 0.6 is 0 Å². The van der Waals surface area contributed by atoms with Gasteiger partial charge in [0, 0.05) is 0 Å². The van der Waals surface area contributed by atoms with Crippen molar-refractivity contribution in [2.24, 2.45) is 5.92 Å². The fourth-order valence-corrected chi connectivity index (χ4v) is 3.37. The Morgan fingerprint density at radius 3 is 2.00 bits per heavy atom. The van der Waals surface area contributed by atoms with Crippen molar-refractivity contribution < 1.29 is 10.2 Å². The van der Waals surface area contributed by atoms with Crippen molar-refractivity contribution in [3.05, 3.63) is 47.2 Å². The zero-order valence-electron chi connectivity index (χ0n) is 12.6. The highest BCUT2D eigenvalue weighted by atomic mass is 28.3. The lowest BCUT2D eigenvalue weighted by Crippen LogP contribution is -2.27. The Morgan fingerprint density at radius 1 is 1.05 bits per heavy atom. The Balaban J connectivity index is 3.14. The predicted octanol–water partition coefficient (Wildman–Crippen LogP) is 3.54. The third-order valence-corrected chi connectivity index (χ3v) is 4.20. The molecular weight excluding hydrogens is 252 g/mol. The predicted molar refractivity (Wildman–Crippen MR) is 83.7 cm³/mol. The van der Waals surface area contributed by atoms with Gasteiger partial charge in [-0.3, -0.25) is 0 Å². The second-order valence-corrected chi connectivity index (χ2v) is 11.5. The lowest BCUT2D eigenvalue weighted by molar-refractivity contribution is 0.114. The molecule has 1 aromatic rings. The summed E-state index contributed by atoms with van der Waals surface area (Å²) in [5.41, 5.74) is 3.71. The molecule has 2 atom stereocenters. The molecule has 0 spiro atoms. The highest BCUT2D eigenvalue weighted by Crippen LogP contribution is 2.28. The molecule has 0 radical (unpaired) electrons. The molecule has 0 bridgehead atoms. The lowest BCUT2D eigenvalue weighted by Gasteiger charge is -2.26. The van der Waals surface area contributed by atoms with Crippen LogP contribution in [0.1, 0.15) is 25.5 Å².